The van der Waals surface area contributed by atoms with Gasteiger partial charge in [-0.25, -0.2) is 4.79 Å². The van der Waals surface area contributed by atoms with E-state index in [9.17, 15) is 9.59 Å². The Morgan fingerprint density at radius 2 is 2.06 bits per heavy atom. The van der Waals surface area contributed by atoms with Gasteiger partial charge in [0.05, 0.1) is 4.47 Å². The molecule has 2 rings (SSSR count). The lowest BCUT2D eigenvalue weighted by atomic mass is 9.94. The Morgan fingerprint density at radius 3 is 2.61 bits per heavy atom. The lowest BCUT2D eigenvalue weighted by Crippen LogP contribution is -2.16. The van der Waals surface area contributed by atoms with E-state index in [1.807, 2.05) is 13.8 Å². The molecule has 96 valence electrons. The third kappa shape index (κ3) is 1.96. The molecule has 1 aliphatic rings. The highest BCUT2D eigenvalue weighted by Crippen LogP contribution is 2.45. The second-order valence-electron chi connectivity index (χ2n) is 4.17. The molecule has 1 aliphatic heterocycles. The monoisotopic (exact) mass is 314 g/mol. The normalized spacial score (nSPS) is 12.9. The van der Waals surface area contributed by atoms with Crippen molar-refractivity contribution in [3.05, 3.63) is 21.7 Å². The Hall–Kier alpha value is -1.56. The van der Waals surface area contributed by atoms with Crippen molar-refractivity contribution in [3.63, 3.8) is 0 Å². The molecule has 1 heterocycles. The van der Waals surface area contributed by atoms with Gasteiger partial charge in [0, 0.05) is 5.56 Å². The van der Waals surface area contributed by atoms with Crippen molar-refractivity contribution in [2.75, 3.05) is 6.79 Å². The number of ether oxygens (including phenoxy) is 2. The third-order valence-electron chi connectivity index (χ3n) is 2.66. The molecule has 0 radical (unpaired) electrons. The van der Waals surface area contributed by atoms with Crippen LogP contribution in [0.1, 0.15) is 35.7 Å². The number of carboxylic acids is 1. The Kier molecular flexibility index (Phi) is 3.30. The smallest absolute Gasteiger partial charge is 0.377 e. The molecule has 0 spiro atoms. The first-order valence-electron chi connectivity index (χ1n) is 5.33. The summed E-state index contributed by atoms with van der Waals surface area (Å²) < 4.78 is 11.1. The molecular formula is C12H11BrO5. The summed E-state index contributed by atoms with van der Waals surface area (Å²) in [4.78, 5) is 22.6. The van der Waals surface area contributed by atoms with E-state index in [2.05, 4.69) is 15.9 Å². The fourth-order valence-electron chi connectivity index (χ4n) is 1.88. The predicted octanol–water partition coefficient (Wildman–Crippen LogP) is 2.57. The van der Waals surface area contributed by atoms with E-state index in [0.717, 1.165) is 0 Å². The number of carbonyl (C=O) groups is 2. The molecule has 18 heavy (non-hydrogen) atoms. The van der Waals surface area contributed by atoms with Gasteiger partial charge < -0.3 is 14.6 Å². The molecule has 0 aromatic heterocycles. The van der Waals surface area contributed by atoms with E-state index in [-0.39, 0.29) is 18.3 Å². The Labute approximate surface area is 112 Å². The average molecular weight is 315 g/mol. The maximum Gasteiger partial charge on any atom is 0.377 e. The standard InChI is InChI=1S/C12H11BrO5/c1-5(2)8-6(10(14)12(15)16)3-7-11(9(8)13)18-4-17-7/h3,5H,4H2,1-2H3,(H,15,16). The summed E-state index contributed by atoms with van der Waals surface area (Å²) in [6.45, 7) is 3.82. The van der Waals surface area contributed by atoms with Gasteiger partial charge in [-0.2, -0.15) is 0 Å². The van der Waals surface area contributed by atoms with Crippen LogP contribution in [-0.4, -0.2) is 23.7 Å². The average Bonchev–Trinajstić information content (AvgIpc) is 2.75. The first-order valence-corrected chi connectivity index (χ1v) is 6.12. The Bertz CT molecular complexity index is 536. The zero-order valence-corrected chi connectivity index (χ0v) is 11.4. The van der Waals surface area contributed by atoms with Crippen molar-refractivity contribution in [3.8, 4) is 11.5 Å². The molecule has 0 bridgehead atoms. The topological polar surface area (TPSA) is 72.8 Å². The van der Waals surface area contributed by atoms with Crippen LogP contribution in [0.5, 0.6) is 11.5 Å². The molecule has 1 N–H and O–H groups in total. The van der Waals surface area contributed by atoms with Crippen LogP contribution in [0.15, 0.2) is 10.5 Å². The molecular weight excluding hydrogens is 304 g/mol. The van der Waals surface area contributed by atoms with Crippen molar-refractivity contribution in [1.82, 2.24) is 0 Å². The molecule has 1 aromatic carbocycles. The van der Waals surface area contributed by atoms with Gasteiger partial charge in [0.25, 0.3) is 5.78 Å². The van der Waals surface area contributed by atoms with Crippen LogP contribution < -0.4 is 9.47 Å². The molecule has 0 fully saturated rings. The van der Waals surface area contributed by atoms with Crippen LogP contribution >= 0.6 is 15.9 Å². The van der Waals surface area contributed by atoms with E-state index >= 15 is 0 Å². The number of fused-ring (bicyclic) bond motifs is 1. The summed E-state index contributed by atoms with van der Waals surface area (Å²) in [5, 5.41) is 8.84. The second kappa shape index (κ2) is 4.61. The van der Waals surface area contributed by atoms with E-state index in [0.29, 0.717) is 21.5 Å². The number of rotatable bonds is 3. The van der Waals surface area contributed by atoms with Crippen molar-refractivity contribution < 1.29 is 24.2 Å². The zero-order chi connectivity index (χ0) is 13.4. The summed E-state index contributed by atoms with van der Waals surface area (Å²) >= 11 is 3.35. The maximum atomic E-state index is 11.7. The molecule has 6 heteroatoms. The highest BCUT2D eigenvalue weighted by atomic mass is 79.9. The number of hydrogen-bond acceptors (Lipinski definition) is 4. The first-order chi connectivity index (χ1) is 8.43. The quantitative estimate of drug-likeness (QED) is 0.685. The highest BCUT2D eigenvalue weighted by molar-refractivity contribution is 9.10. The maximum absolute atomic E-state index is 11.7. The summed E-state index contributed by atoms with van der Waals surface area (Å²) in [7, 11) is 0. The number of ketones is 1. The van der Waals surface area contributed by atoms with Crippen LogP contribution in [0.2, 0.25) is 0 Å². The van der Waals surface area contributed by atoms with Gasteiger partial charge in [0.15, 0.2) is 11.5 Å². The van der Waals surface area contributed by atoms with Crippen molar-refractivity contribution in [2.24, 2.45) is 0 Å². The molecule has 5 nitrogen and oxygen atoms in total. The van der Waals surface area contributed by atoms with Gasteiger partial charge in [-0.05, 0) is 33.5 Å². The van der Waals surface area contributed by atoms with Gasteiger partial charge in [0.2, 0.25) is 6.79 Å². The molecule has 0 aliphatic carbocycles. The molecule has 0 saturated heterocycles. The third-order valence-corrected chi connectivity index (χ3v) is 3.45. The fourth-order valence-corrected chi connectivity index (χ4v) is 2.87. The minimum absolute atomic E-state index is 0.0211. The van der Waals surface area contributed by atoms with Gasteiger partial charge in [-0.1, -0.05) is 13.8 Å². The van der Waals surface area contributed by atoms with E-state index in [1.54, 1.807) is 0 Å². The fraction of sp³-hybridized carbons (Fsp3) is 0.333. The van der Waals surface area contributed by atoms with Gasteiger partial charge in [-0.15, -0.1) is 0 Å². The summed E-state index contributed by atoms with van der Waals surface area (Å²) in [5.41, 5.74) is 0.750. The van der Waals surface area contributed by atoms with E-state index < -0.39 is 11.8 Å². The van der Waals surface area contributed by atoms with Crippen LogP contribution in [0, 0.1) is 0 Å². The summed E-state index contributed by atoms with van der Waals surface area (Å²) in [6.07, 6.45) is 0. The van der Waals surface area contributed by atoms with Crippen LogP contribution in [0.4, 0.5) is 0 Å². The number of aliphatic carboxylic acids is 1. The predicted molar refractivity (Wildman–Crippen MR) is 66.3 cm³/mol. The zero-order valence-electron chi connectivity index (χ0n) is 9.82. The van der Waals surface area contributed by atoms with Gasteiger partial charge in [-0.3, -0.25) is 4.79 Å². The van der Waals surface area contributed by atoms with E-state index in [4.69, 9.17) is 14.6 Å². The summed E-state index contributed by atoms with van der Waals surface area (Å²) in [5.74, 6) is -1.55. The van der Waals surface area contributed by atoms with Crippen molar-refractivity contribution in [2.45, 2.75) is 19.8 Å². The molecule has 0 saturated carbocycles. The van der Waals surface area contributed by atoms with Crippen LogP contribution in [0.25, 0.3) is 0 Å². The van der Waals surface area contributed by atoms with Gasteiger partial charge >= 0.3 is 5.97 Å². The van der Waals surface area contributed by atoms with Crippen LogP contribution in [-0.2, 0) is 4.79 Å². The number of carbonyl (C=O) groups excluding carboxylic acids is 1. The number of hydrogen-bond donors (Lipinski definition) is 1. The first kappa shape index (κ1) is 12.9. The summed E-state index contributed by atoms with van der Waals surface area (Å²) in [6, 6.07) is 1.43. The van der Waals surface area contributed by atoms with Crippen LogP contribution in [0.3, 0.4) is 0 Å². The minimum Gasteiger partial charge on any atom is -0.475 e. The molecule has 1 aromatic rings. The largest absolute Gasteiger partial charge is 0.475 e. The van der Waals surface area contributed by atoms with Gasteiger partial charge in [0.1, 0.15) is 0 Å². The number of halogens is 1. The molecule has 0 unspecified atom stereocenters. The van der Waals surface area contributed by atoms with Crippen molar-refractivity contribution >= 4 is 27.7 Å². The van der Waals surface area contributed by atoms with E-state index in [1.165, 1.54) is 6.07 Å². The number of Topliss-reactive ketones (excluding diaryl/α,β-unsaturated/α-hetero) is 1. The molecule has 0 atom stereocenters. The Balaban J connectivity index is 2.68. The van der Waals surface area contributed by atoms with Crippen molar-refractivity contribution in [1.29, 1.82) is 0 Å². The minimum atomic E-state index is -1.48. The highest BCUT2D eigenvalue weighted by Gasteiger charge is 2.29. The second-order valence-corrected chi connectivity index (χ2v) is 4.97. The molecule has 0 amide bonds. The lowest BCUT2D eigenvalue weighted by Gasteiger charge is -2.14. The lowest BCUT2D eigenvalue weighted by molar-refractivity contribution is -0.131. The Morgan fingerprint density at radius 1 is 1.39 bits per heavy atom. The number of carboxylic acid groups (broad SMARTS) is 1. The SMILES string of the molecule is CC(C)c1c(C(=O)C(=O)O)cc2c(c1Br)OCO2. The number of benzene rings is 1.